The van der Waals surface area contributed by atoms with E-state index >= 15 is 0 Å². The zero-order valence-corrected chi connectivity index (χ0v) is 13.7. The van der Waals surface area contributed by atoms with Crippen LogP contribution in [0.25, 0.3) is 0 Å². The number of nitrogens with zero attached hydrogens (tertiary/aromatic N) is 1. The largest absolute Gasteiger partial charge is 0.495 e. The molecular formula is C13H17Cl2NO3S. The summed E-state index contributed by atoms with van der Waals surface area (Å²) in [6, 6.07) is 2.79. The number of benzene rings is 1. The van der Waals surface area contributed by atoms with Gasteiger partial charge in [0, 0.05) is 19.2 Å². The van der Waals surface area contributed by atoms with Crippen molar-refractivity contribution in [2.24, 2.45) is 5.92 Å². The third-order valence-corrected chi connectivity index (χ3v) is 6.07. The molecular weight excluding hydrogens is 321 g/mol. The van der Waals surface area contributed by atoms with E-state index < -0.39 is 10.0 Å². The molecule has 4 nitrogen and oxygen atoms in total. The summed E-state index contributed by atoms with van der Waals surface area (Å²) >= 11 is 12.1. The van der Waals surface area contributed by atoms with Crippen molar-refractivity contribution in [1.82, 2.24) is 4.31 Å². The van der Waals surface area contributed by atoms with Gasteiger partial charge in [-0.1, -0.05) is 30.1 Å². The van der Waals surface area contributed by atoms with Gasteiger partial charge in [0.05, 0.1) is 17.2 Å². The predicted octanol–water partition coefficient (Wildman–Crippen LogP) is 3.42. The van der Waals surface area contributed by atoms with Crippen LogP contribution in [0, 0.1) is 5.92 Å². The maximum atomic E-state index is 12.6. The van der Waals surface area contributed by atoms with Gasteiger partial charge < -0.3 is 4.74 Å². The monoisotopic (exact) mass is 337 g/mol. The van der Waals surface area contributed by atoms with Crippen LogP contribution in [0.15, 0.2) is 17.0 Å². The number of sulfonamides is 1. The van der Waals surface area contributed by atoms with Crippen LogP contribution in [-0.4, -0.2) is 32.9 Å². The van der Waals surface area contributed by atoms with E-state index in [-0.39, 0.29) is 14.9 Å². The molecule has 1 heterocycles. The second kappa shape index (κ2) is 6.10. The van der Waals surface area contributed by atoms with Gasteiger partial charge in [0.2, 0.25) is 10.0 Å². The molecule has 0 saturated carbocycles. The minimum atomic E-state index is -3.61. The molecule has 1 atom stereocenters. The Balaban J connectivity index is 2.41. The van der Waals surface area contributed by atoms with Crippen LogP contribution in [0.3, 0.4) is 0 Å². The smallest absolute Gasteiger partial charge is 0.244 e. The minimum absolute atomic E-state index is 0.0408. The van der Waals surface area contributed by atoms with Crippen molar-refractivity contribution in [2.75, 3.05) is 20.2 Å². The van der Waals surface area contributed by atoms with Gasteiger partial charge in [-0.25, -0.2) is 8.42 Å². The summed E-state index contributed by atoms with van der Waals surface area (Å²) in [5, 5.41) is 0.366. The minimum Gasteiger partial charge on any atom is -0.495 e. The van der Waals surface area contributed by atoms with Gasteiger partial charge in [-0.15, -0.1) is 0 Å². The highest BCUT2D eigenvalue weighted by molar-refractivity contribution is 7.89. The van der Waals surface area contributed by atoms with Gasteiger partial charge in [0.15, 0.2) is 0 Å². The number of ether oxygens (including phenoxy) is 1. The van der Waals surface area contributed by atoms with Crippen LogP contribution < -0.4 is 4.74 Å². The third-order valence-electron chi connectivity index (χ3n) is 3.44. The lowest BCUT2D eigenvalue weighted by molar-refractivity contribution is 0.281. The van der Waals surface area contributed by atoms with E-state index in [1.165, 1.54) is 23.5 Å². The number of hydrogen-bond donors (Lipinski definition) is 0. The summed E-state index contributed by atoms with van der Waals surface area (Å²) in [5.41, 5.74) is 0. The van der Waals surface area contributed by atoms with E-state index in [9.17, 15) is 8.42 Å². The number of methoxy groups -OCH3 is 1. The highest BCUT2D eigenvalue weighted by Crippen LogP contribution is 2.35. The first-order valence-electron chi connectivity index (χ1n) is 6.39. The van der Waals surface area contributed by atoms with Crippen molar-refractivity contribution in [3.8, 4) is 5.75 Å². The van der Waals surface area contributed by atoms with E-state index in [4.69, 9.17) is 27.9 Å². The molecule has 0 bridgehead atoms. The van der Waals surface area contributed by atoms with Crippen LogP contribution in [-0.2, 0) is 10.0 Å². The van der Waals surface area contributed by atoms with Crippen molar-refractivity contribution >= 4 is 33.2 Å². The Labute approximate surface area is 129 Å². The number of rotatable bonds is 3. The normalized spacial score (nSPS) is 20.9. The van der Waals surface area contributed by atoms with Gasteiger partial charge in [-0.3, -0.25) is 0 Å². The van der Waals surface area contributed by atoms with E-state index in [0.29, 0.717) is 24.8 Å². The van der Waals surface area contributed by atoms with Crippen molar-refractivity contribution in [1.29, 1.82) is 0 Å². The Kier molecular flexibility index (Phi) is 4.84. The lowest BCUT2D eigenvalue weighted by Gasteiger charge is -2.30. The fourth-order valence-electron chi connectivity index (χ4n) is 2.37. The molecule has 7 heteroatoms. The Hall–Kier alpha value is -0.490. The average molecular weight is 338 g/mol. The Bertz CT molecular complexity index is 604. The lowest BCUT2D eigenvalue weighted by Crippen LogP contribution is -2.39. The van der Waals surface area contributed by atoms with E-state index in [2.05, 4.69) is 0 Å². The SMILES string of the molecule is COc1cc(Cl)c(S(=O)(=O)N2CCCC(C)C2)cc1Cl. The average Bonchev–Trinajstić information content (AvgIpc) is 2.40. The molecule has 2 rings (SSSR count). The van der Waals surface area contributed by atoms with Crippen LogP contribution in [0.4, 0.5) is 0 Å². The van der Waals surface area contributed by atoms with Crippen molar-refractivity contribution in [2.45, 2.75) is 24.7 Å². The summed E-state index contributed by atoms with van der Waals surface area (Å²) in [5.74, 6) is 0.716. The first-order valence-corrected chi connectivity index (χ1v) is 8.59. The molecule has 1 saturated heterocycles. The molecule has 0 radical (unpaired) electrons. The molecule has 20 heavy (non-hydrogen) atoms. The lowest BCUT2D eigenvalue weighted by atomic mass is 10.0. The third kappa shape index (κ3) is 3.06. The maximum absolute atomic E-state index is 12.6. The van der Waals surface area contributed by atoms with Gasteiger partial charge in [0.1, 0.15) is 10.6 Å². The van der Waals surface area contributed by atoms with E-state index in [1.54, 1.807) is 0 Å². The molecule has 0 aromatic heterocycles. The second-order valence-corrected chi connectivity index (χ2v) is 7.75. The molecule has 112 valence electrons. The topological polar surface area (TPSA) is 46.6 Å². The molecule has 1 aliphatic rings. The van der Waals surface area contributed by atoms with Crippen molar-refractivity contribution in [3.63, 3.8) is 0 Å². The maximum Gasteiger partial charge on any atom is 0.244 e. The predicted molar refractivity (Wildman–Crippen MR) is 80.2 cm³/mol. The number of hydrogen-bond acceptors (Lipinski definition) is 3. The summed E-state index contributed by atoms with van der Waals surface area (Å²) in [4.78, 5) is 0.0408. The zero-order chi connectivity index (χ0) is 14.9. The molecule has 1 aromatic carbocycles. The molecule has 0 amide bonds. The number of halogens is 2. The molecule has 1 fully saturated rings. The highest BCUT2D eigenvalue weighted by atomic mass is 35.5. The van der Waals surface area contributed by atoms with Crippen LogP contribution in [0.5, 0.6) is 5.75 Å². The van der Waals surface area contributed by atoms with Crippen molar-refractivity contribution in [3.05, 3.63) is 22.2 Å². The number of piperidine rings is 1. The summed E-state index contributed by atoms with van der Waals surface area (Å²) < 4.78 is 31.8. The second-order valence-electron chi connectivity index (χ2n) is 5.03. The fourth-order valence-corrected chi connectivity index (χ4v) is 4.79. The Morgan fingerprint density at radius 2 is 2.00 bits per heavy atom. The first-order chi connectivity index (χ1) is 9.36. The summed E-state index contributed by atoms with van der Waals surface area (Å²) in [6.45, 7) is 3.08. The molecule has 0 spiro atoms. The quantitative estimate of drug-likeness (QED) is 0.848. The summed E-state index contributed by atoms with van der Waals surface area (Å²) in [6.07, 6.45) is 1.91. The molecule has 0 aliphatic carbocycles. The molecule has 1 aliphatic heterocycles. The van der Waals surface area contributed by atoms with Crippen LogP contribution in [0.1, 0.15) is 19.8 Å². The van der Waals surface area contributed by atoms with Gasteiger partial charge in [0.25, 0.3) is 0 Å². The molecule has 0 N–H and O–H groups in total. The molecule has 1 unspecified atom stereocenters. The van der Waals surface area contributed by atoms with E-state index in [0.717, 1.165) is 12.8 Å². The molecule has 1 aromatic rings. The van der Waals surface area contributed by atoms with Crippen LogP contribution in [0.2, 0.25) is 10.0 Å². The zero-order valence-electron chi connectivity index (χ0n) is 11.4. The van der Waals surface area contributed by atoms with Crippen molar-refractivity contribution < 1.29 is 13.2 Å². The van der Waals surface area contributed by atoms with Crippen LogP contribution >= 0.6 is 23.2 Å². The highest BCUT2D eigenvalue weighted by Gasteiger charge is 2.31. The van der Waals surface area contributed by atoms with Gasteiger partial charge in [-0.2, -0.15) is 4.31 Å². The first kappa shape index (κ1) is 15.9. The van der Waals surface area contributed by atoms with Gasteiger partial charge >= 0.3 is 0 Å². The fraction of sp³-hybridized carbons (Fsp3) is 0.538. The van der Waals surface area contributed by atoms with Gasteiger partial charge in [-0.05, 0) is 24.8 Å². The van der Waals surface area contributed by atoms with E-state index in [1.807, 2.05) is 6.92 Å². The summed E-state index contributed by atoms with van der Waals surface area (Å²) in [7, 11) is -2.16. The Morgan fingerprint density at radius 3 is 2.60 bits per heavy atom. The Morgan fingerprint density at radius 1 is 1.30 bits per heavy atom. The standard InChI is InChI=1S/C13H17Cl2NO3S/c1-9-4-3-5-16(8-9)20(17,18)13-7-10(14)12(19-2)6-11(13)15/h6-7,9H,3-5,8H2,1-2H3.